The quantitative estimate of drug-likeness (QED) is 0.579. The smallest absolute Gasteiger partial charge is 0.238 e. The predicted molar refractivity (Wildman–Crippen MR) is 78.2 cm³/mol. The Morgan fingerprint density at radius 2 is 2.21 bits per heavy atom. The molecular weight excluding hydrogens is 242 g/mol. The number of amides is 1. The summed E-state index contributed by atoms with van der Waals surface area (Å²) in [6.45, 7) is 6.29. The summed E-state index contributed by atoms with van der Waals surface area (Å²) in [5.41, 5.74) is 8.12. The third-order valence-electron chi connectivity index (χ3n) is 2.77. The van der Waals surface area contributed by atoms with E-state index < -0.39 is 0 Å². The Kier molecular flexibility index (Phi) is 6.32. The van der Waals surface area contributed by atoms with Crippen molar-refractivity contribution in [1.82, 2.24) is 4.90 Å². The van der Waals surface area contributed by atoms with Crippen LogP contribution in [-0.2, 0) is 9.53 Å². The third kappa shape index (κ3) is 5.72. The van der Waals surface area contributed by atoms with Crippen molar-refractivity contribution < 1.29 is 9.53 Å². The molecule has 5 nitrogen and oxygen atoms in total. The molecular formula is C14H23N3O2. The van der Waals surface area contributed by atoms with E-state index in [0.717, 1.165) is 17.8 Å². The van der Waals surface area contributed by atoms with Gasteiger partial charge in [-0.25, -0.2) is 0 Å². The average Bonchev–Trinajstić information content (AvgIpc) is 2.34. The van der Waals surface area contributed by atoms with E-state index >= 15 is 0 Å². The summed E-state index contributed by atoms with van der Waals surface area (Å²) in [7, 11) is 1.89. The zero-order valence-corrected chi connectivity index (χ0v) is 11.9. The molecule has 0 saturated heterocycles. The van der Waals surface area contributed by atoms with Gasteiger partial charge in [0.05, 0.1) is 13.2 Å². The van der Waals surface area contributed by atoms with Crippen molar-refractivity contribution >= 4 is 17.3 Å². The van der Waals surface area contributed by atoms with Gasteiger partial charge in [-0.2, -0.15) is 0 Å². The molecule has 0 aliphatic carbocycles. The molecule has 0 radical (unpaired) electrons. The number of nitrogens with two attached hydrogens (primary N) is 1. The summed E-state index contributed by atoms with van der Waals surface area (Å²) >= 11 is 0. The lowest BCUT2D eigenvalue weighted by molar-refractivity contribution is -0.117. The van der Waals surface area contributed by atoms with Gasteiger partial charge in [-0.3, -0.25) is 9.69 Å². The van der Waals surface area contributed by atoms with E-state index in [4.69, 9.17) is 10.5 Å². The van der Waals surface area contributed by atoms with Gasteiger partial charge in [-0.15, -0.1) is 0 Å². The van der Waals surface area contributed by atoms with Crippen LogP contribution in [0.5, 0.6) is 0 Å². The van der Waals surface area contributed by atoms with Crippen LogP contribution in [-0.4, -0.2) is 44.2 Å². The lowest BCUT2D eigenvalue weighted by atomic mass is 10.2. The number of carbonyl (C=O) groups is 1. The van der Waals surface area contributed by atoms with Crippen LogP contribution in [0, 0.1) is 6.92 Å². The molecule has 1 rings (SSSR count). The maximum absolute atomic E-state index is 11.9. The fourth-order valence-electron chi connectivity index (χ4n) is 1.65. The van der Waals surface area contributed by atoms with Gasteiger partial charge in [-0.1, -0.05) is 6.07 Å². The molecule has 0 heterocycles. The number of hydrogen-bond donors (Lipinski definition) is 2. The van der Waals surface area contributed by atoms with E-state index in [0.29, 0.717) is 25.4 Å². The maximum atomic E-state index is 11.9. The van der Waals surface area contributed by atoms with Crippen molar-refractivity contribution in [1.29, 1.82) is 0 Å². The Morgan fingerprint density at radius 1 is 1.47 bits per heavy atom. The van der Waals surface area contributed by atoms with Gasteiger partial charge < -0.3 is 15.8 Å². The van der Waals surface area contributed by atoms with Gasteiger partial charge in [0.2, 0.25) is 5.91 Å². The Balaban J connectivity index is 2.44. The SMILES string of the molecule is CCOCCN(C)CC(=O)Nc1cc(N)ccc1C. The molecule has 0 fully saturated rings. The van der Waals surface area contributed by atoms with E-state index in [-0.39, 0.29) is 5.91 Å². The van der Waals surface area contributed by atoms with Gasteiger partial charge in [0.15, 0.2) is 0 Å². The van der Waals surface area contributed by atoms with E-state index in [1.165, 1.54) is 0 Å². The van der Waals surface area contributed by atoms with E-state index in [1.807, 2.05) is 37.9 Å². The monoisotopic (exact) mass is 265 g/mol. The zero-order chi connectivity index (χ0) is 14.3. The topological polar surface area (TPSA) is 67.6 Å². The molecule has 1 aromatic rings. The molecule has 0 bridgehead atoms. The Morgan fingerprint density at radius 3 is 2.89 bits per heavy atom. The summed E-state index contributed by atoms with van der Waals surface area (Å²) in [5.74, 6) is -0.0484. The number of ether oxygens (including phenoxy) is 1. The van der Waals surface area contributed by atoms with Crippen LogP contribution in [0.4, 0.5) is 11.4 Å². The third-order valence-corrected chi connectivity index (χ3v) is 2.77. The van der Waals surface area contributed by atoms with E-state index in [2.05, 4.69) is 5.32 Å². The number of nitrogen functional groups attached to an aromatic ring is 1. The van der Waals surface area contributed by atoms with Crippen molar-refractivity contribution in [2.45, 2.75) is 13.8 Å². The number of hydrogen-bond acceptors (Lipinski definition) is 4. The van der Waals surface area contributed by atoms with Crippen molar-refractivity contribution in [3.05, 3.63) is 23.8 Å². The minimum absolute atomic E-state index is 0.0484. The molecule has 0 aliphatic rings. The lowest BCUT2D eigenvalue weighted by Gasteiger charge is -2.16. The molecule has 0 aromatic heterocycles. The van der Waals surface area contributed by atoms with E-state index in [1.54, 1.807) is 6.07 Å². The van der Waals surface area contributed by atoms with Crippen molar-refractivity contribution in [2.75, 3.05) is 44.4 Å². The number of nitrogens with one attached hydrogen (secondary N) is 1. The Bertz CT molecular complexity index is 421. The van der Waals surface area contributed by atoms with Gasteiger partial charge in [0.25, 0.3) is 0 Å². The highest BCUT2D eigenvalue weighted by atomic mass is 16.5. The Labute approximate surface area is 114 Å². The highest BCUT2D eigenvalue weighted by Crippen LogP contribution is 2.17. The standard InChI is InChI=1S/C14H23N3O2/c1-4-19-8-7-17(3)10-14(18)16-13-9-12(15)6-5-11(13)2/h5-6,9H,4,7-8,10,15H2,1-3H3,(H,16,18). The number of rotatable bonds is 7. The van der Waals surface area contributed by atoms with Gasteiger partial charge in [0.1, 0.15) is 0 Å². The van der Waals surface area contributed by atoms with Crippen molar-refractivity contribution in [2.24, 2.45) is 0 Å². The first-order valence-corrected chi connectivity index (χ1v) is 6.45. The minimum atomic E-state index is -0.0484. The number of likely N-dealkylation sites (N-methyl/N-ethyl adjacent to an activating group) is 1. The van der Waals surface area contributed by atoms with Crippen LogP contribution in [0.25, 0.3) is 0 Å². The predicted octanol–water partition coefficient (Wildman–Crippen LogP) is 1.48. The molecule has 0 unspecified atom stereocenters. The summed E-state index contributed by atoms with van der Waals surface area (Å²) in [5, 5.41) is 2.87. The lowest BCUT2D eigenvalue weighted by Crippen LogP contribution is -2.32. The summed E-state index contributed by atoms with van der Waals surface area (Å²) < 4.78 is 5.25. The molecule has 3 N–H and O–H groups in total. The molecule has 5 heteroatoms. The molecule has 19 heavy (non-hydrogen) atoms. The second kappa shape index (κ2) is 7.76. The molecule has 1 amide bonds. The van der Waals surface area contributed by atoms with Gasteiger partial charge in [-0.05, 0) is 38.6 Å². The number of benzene rings is 1. The summed E-state index contributed by atoms with van der Waals surface area (Å²) in [4.78, 5) is 13.8. The normalized spacial score (nSPS) is 10.7. The van der Waals surface area contributed by atoms with Gasteiger partial charge >= 0.3 is 0 Å². The fourth-order valence-corrected chi connectivity index (χ4v) is 1.65. The van der Waals surface area contributed by atoms with E-state index in [9.17, 15) is 4.79 Å². The first-order valence-electron chi connectivity index (χ1n) is 6.45. The molecule has 106 valence electrons. The number of anilines is 2. The minimum Gasteiger partial charge on any atom is -0.399 e. The molecule has 1 aromatic carbocycles. The van der Waals surface area contributed by atoms with Crippen LogP contribution in [0.2, 0.25) is 0 Å². The largest absolute Gasteiger partial charge is 0.399 e. The van der Waals surface area contributed by atoms with Crippen LogP contribution >= 0.6 is 0 Å². The highest BCUT2D eigenvalue weighted by molar-refractivity contribution is 5.93. The average molecular weight is 265 g/mol. The van der Waals surface area contributed by atoms with Gasteiger partial charge in [0, 0.05) is 24.5 Å². The second-order valence-corrected chi connectivity index (χ2v) is 4.56. The summed E-state index contributed by atoms with van der Waals surface area (Å²) in [6, 6.07) is 5.48. The first kappa shape index (κ1) is 15.5. The van der Waals surface area contributed by atoms with Crippen molar-refractivity contribution in [3.8, 4) is 0 Å². The van der Waals surface area contributed by atoms with Crippen LogP contribution in [0.1, 0.15) is 12.5 Å². The highest BCUT2D eigenvalue weighted by Gasteiger charge is 2.08. The number of nitrogens with zero attached hydrogens (tertiary/aromatic N) is 1. The number of carbonyl (C=O) groups excluding carboxylic acids is 1. The molecule has 0 saturated carbocycles. The summed E-state index contributed by atoms with van der Waals surface area (Å²) in [6.07, 6.45) is 0. The zero-order valence-electron chi connectivity index (χ0n) is 11.9. The van der Waals surface area contributed by atoms with Crippen LogP contribution < -0.4 is 11.1 Å². The van der Waals surface area contributed by atoms with Crippen molar-refractivity contribution in [3.63, 3.8) is 0 Å². The maximum Gasteiger partial charge on any atom is 0.238 e. The fraction of sp³-hybridized carbons (Fsp3) is 0.500. The number of aryl methyl sites for hydroxylation is 1. The molecule has 0 aliphatic heterocycles. The second-order valence-electron chi connectivity index (χ2n) is 4.56. The first-order chi connectivity index (χ1) is 9.02. The Hall–Kier alpha value is -1.59. The molecule has 0 atom stereocenters. The molecule has 0 spiro atoms. The van der Waals surface area contributed by atoms with Crippen LogP contribution in [0.15, 0.2) is 18.2 Å². The van der Waals surface area contributed by atoms with Crippen LogP contribution in [0.3, 0.4) is 0 Å².